The standard InChI is InChI=1S/C16H25N3/c1-4-13-7-8-16(10-13,12-17)11-15-9-14(5-2)18-19(15)6-3/h9,13H,4-8,10-11H2,1-3H3. The number of aryl methyl sites for hydroxylation is 2. The Morgan fingerprint density at radius 3 is 2.79 bits per heavy atom. The molecule has 1 saturated carbocycles. The van der Waals surface area contributed by atoms with Crippen molar-refractivity contribution in [1.82, 2.24) is 9.78 Å². The minimum absolute atomic E-state index is 0.140. The van der Waals surface area contributed by atoms with Gasteiger partial charge in [0.05, 0.1) is 17.2 Å². The first kappa shape index (κ1) is 14.1. The summed E-state index contributed by atoms with van der Waals surface area (Å²) in [6, 6.07) is 4.82. The van der Waals surface area contributed by atoms with Gasteiger partial charge in [-0.3, -0.25) is 4.68 Å². The molecule has 0 spiro atoms. The van der Waals surface area contributed by atoms with E-state index in [9.17, 15) is 5.26 Å². The van der Waals surface area contributed by atoms with Crippen LogP contribution < -0.4 is 0 Å². The van der Waals surface area contributed by atoms with Crippen LogP contribution in [0, 0.1) is 22.7 Å². The summed E-state index contributed by atoms with van der Waals surface area (Å²) in [7, 11) is 0. The van der Waals surface area contributed by atoms with Crippen molar-refractivity contribution in [2.24, 2.45) is 11.3 Å². The zero-order valence-corrected chi connectivity index (χ0v) is 12.4. The Morgan fingerprint density at radius 2 is 2.26 bits per heavy atom. The van der Waals surface area contributed by atoms with Gasteiger partial charge in [0.2, 0.25) is 0 Å². The maximum Gasteiger partial charge on any atom is 0.0693 e. The quantitative estimate of drug-likeness (QED) is 0.808. The third-order valence-electron chi connectivity index (χ3n) is 4.62. The van der Waals surface area contributed by atoms with E-state index < -0.39 is 0 Å². The predicted molar refractivity (Wildman–Crippen MR) is 76.7 cm³/mol. The summed E-state index contributed by atoms with van der Waals surface area (Å²) in [5, 5.41) is 14.2. The molecule has 1 heterocycles. The molecule has 104 valence electrons. The smallest absolute Gasteiger partial charge is 0.0693 e. The van der Waals surface area contributed by atoms with Crippen LogP contribution in [0.1, 0.15) is 57.8 Å². The molecule has 19 heavy (non-hydrogen) atoms. The average Bonchev–Trinajstić information content (AvgIpc) is 3.03. The van der Waals surface area contributed by atoms with E-state index in [0.29, 0.717) is 0 Å². The van der Waals surface area contributed by atoms with Crippen LogP contribution in [0.4, 0.5) is 0 Å². The van der Waals surface area contributed by atoms with Gasteiger partial charge < -0.3 is 0 Å². The molecule has 1 aromatic heterocycles. The molecule has 0 N–H and O–H groups in total. The molecule has 0 saturated heterocycles. The van der Waals surface area contributed by atoms with Crippen LogP contribution in [0.2, 0.25) is 0 Å². The van der Waals surface area contributed by atoms with Crippen molar-refractivity contribution in [2.45, 2.75) is 65.8 Å². The minimum Gasteiger partial charge on any atom is -0.270 e. The van der Waals surface area contributed by atoms with Crippen LogP contribution >= 0.6 is 0 Å². The lowest BCUT2D eigenvalue weighted by Crippen LogP contribution is -2.20. The molecule has 2 rings (SSSR count). The Labute approximate surface area is 116 Å². The molecule has 0 aromatic carbocycles. The predicted octanol–water partition coefficient (Wildman–Crippen LogP) is 3.73. The lowest BCUT2D eigenvalue weighted by Gasteiger charge is -2.21. The van der Waals surface area contributed by atoms with E-state index in [1.165, 1.54) is 18.5 Å². The molecule has 1 aromatic rings. The number of rotatable bonds is 5. The third-order valence-corrected chi connectivity index (χ3v) is 4.62. The monoisotopic (exact) mass is 259 g/mol. The Balaban J connectivity index is 2.19. The van der Waals surface area contributed by atoms with Crippen molar-refractivity contribution in [3.05, 3.63) is 17.5 Å². The summed E-state index contributed by atoms with van der Waals surface area (Å²) in [6.45, 7) is 7.39. The molecular weight excluding hydrogens is 234 g/mol. The van der Waals surface area contributed by atoms with Crippen LogP contribution in [0.5, 0.6) is 0 Å². The number of aromatic nitrogens is 2. The minimum atomic E-state index is -0.140. The van der Waals surface area contributed by atoms with E-state index >= 15 is 0 Å². The van der Waals surface area contributed by atoms with Gasteiger partial charge in [0, 0.05) is 18.7 Å². The van der Waals surface area contributed by atoms with Gasteiger partial charge in [-0.2, -0.15) is 10.4 Å². The van der Waals surface area contributed by atoms with Gasteiger partial charge in [-0.1, -0.05) is 20.3 Å². The Hall–Kier alpha value is -1.30. The van der Waals surface area contributed by atoms with Crippen LogP contribution in [0.15, 0.2) is 6.07 Å². The molecule has 1 fully saturated rings. The second-order valence-electron chi connectivity index (χ2n) is 5.88. The van der Waals surface area contributed by atoms with E-state index in [2.05, 4.69) is 42.7 Å². The van der Waals surface area contributed by atoms with Crippen molar-refractivity contribution in [3.63, 3.8) is 0 Å². The van der Waals surface area contributed by atoms with Crippen molar-refractivity contribution in [2.75, 3.05) is 0 Å². The van der Waals surface area contributed by atoms with E-state index in [1.54, 1.807) is 0 Å². The SMILES string of the molecule is CCc1cc(CC2(C#N)CCC(CC)C2)n(CC)n1. The fourth-order valence-corrected chi connectivity index (χ4v) is 3.34. The molecule has 3 heteroatoms. The van der Waals surface area contributed by atoms with Crippen LogP contribution in [0.3, 0.4) is 0 Å². The number of nitrogens with zero attached hydrogens (tertiary/aromatic N) is 3. The Morgan fingerprint density at radius 1 is 1.47 bits per heavy atom. The maximum absolute atomic E-state index is 9.64. The molecule has 2 unspecified atom stereocenters. The maximum atomic E-state index is 9.64. The van der Waals surface area contributed by atoms with E-state index in [-0.39, 0.29) is 5.41 Å². The molecule has 2 atom stereocenters. The van der Waals surface area contributed by atoms with Gasteiger partial charge in [0.25, 0.3) is 0 Å². The van der Waals surface area contributed by atoms with E-state index in [4.69, 9.17) is 0 Å². The normalized spacial score (nSPS) is 26.5. The van der Waals surface area contributed by atoms with Gasteiger partial charge in [0.1, 0.15) is 0 Å². The molecule has 0 radical (unpaired) electrons. The molecule has 1 aliphatic rings. The molecule has 1 aliphatic carbocycles. The highest BCUT2D eigenvalue weighted by Gasteiger charge is 2.39. The average molecular weight is 259 g/mol. The lowest BCUT2D eigenvalue weighted by molar-refractivity contribution is 0.368. The number of nitriles is 1. The van der Waals surface area contributed by atoms with Crippen molar-refractivity contribution >= 4 is 0 Å². The van der Waals surface area contributed by atoms with Crippen molar-refractivity contribution in [1.29, 1.82) is 5.26 Å². The van der Waals surface area contributed by atoms with Gasteiger partial charge >= 0.3 is 0 Å². The first-order valence-electron chi connectivity index (χ1n) is 7.63. The summed E-state index contributed by atoms with van der Waals surface area (Å²) >= 11 is 0. The van der Waals surface area contributed by atoms with Crippen LogP contribution in [-0.2, 0) is 19.4 Å². The summed E-state index contributed by atoms with van der Waals surface area (Å²) in [4.78, 5) is 0. The zero-order valence-electron chi connectivity index (χ0n) is 12.4. The van der Waals surface area contributed by atoms with E-state index in [1.807, 2.05) is 0 Å². The number of hydrogen-bond donors (Lipinski definition) is 0. The molecule has 0 aliphatic heterocycles. The van der Waals surface area contributed by atoms with Gasteiger partial charge in [-0.15, -0.1) is 0 Å². The fourth-order valence-electron chi connectivity index (χ4n) is 3.34. The first-order valence-corrected chi connectivity index (χ1v) is 7.63. The number of hydrogen-bond acceptors (Lipinski definition) is 2. The largest absolute Gasteiger partial charge is 0.270 e. The topological polar surface area (TPSA) is 41.6 Å². The highest BCUT2D eigenvalue weighted by Crippen LogP contribution is 2.45. The summed E-state index contributed by atoms with van der Waals surface area (Å²) in [5.74, 6) is 0.739. The highest BCUT2D eigenvalue weighted by atomic mass is 15.3. The van der Waals surface area contributed by atoms with Gasteiger partial charge in [-0.25, -0.2) is 0 Å². The second-order valence-corrected chi connectivity index (χ2v) is 5.88. The molecular formula is C16H25N3. The van der Waals surface area contributed by atoms with Crippen LogP contribution in [0.25, 0.3) is 0 Å². The van der Waals surface area contributed by atoms with Crippen molar-refractivity contribution in [3.8, 4) is 6.07 Å². The van der Waals surface area contributed by atoms with Crippen LogP contribution in [-0.4, -0.2) is 9.78 Å². The molecule has 0 amide bonds. The first-order chi connectivity index (χ1) is 9.16. The van der Waals surface area contributed by atoms with E-state index in [0.717, 1.165) is 43.8 Å². The molecule has 3 nitrogen and oxygen atoms in total. The van der Waals surface area contributed by atoms with Crippen molar-refractivity contribution < 1.29 is 0 Å². The highest BCUT2D eigenvalue weighted by molar-refractivity contribution is 5.17. The Bertz CT molecular complexity index is 469. The summed E-state index contributed by atoms with van der Waals surface area (Å²) in [5.41, 5.74) is 2.26. The zero-order chi connectivity index (χ0) is 13.9. The summed E-state index contributed by atoms with van der Waals surface area (Å²) in [6.07, 6.45) is 6.38. The van der Waals surface area contributed by atoms with Gasteiger partial charge in [0.15, 0.2) is 0 Å². The summed E-state index contributed by atoms with van der Waals surface area (Å²) < 4.78 is 2.08. The Kier molecular flexibility index (Phi) is 4.29. The lowest BCUT2D eigenvalue weighted by atomic mass is 9.82. The molecule has 0 bridgehead atoms. The fraction of sp³-hybridized carbons (Fsp3) is 0.750. The van der Waals surface area contributed by atoms with Gasteiger partial charge in [-0.05, 0) is 44.6 Å². The second kappa shape index (κ2) is 5.77. The third kappa shape index (κ3) is 2.83.